The molecule has 0 bridgehead atoms. The molecule has 0 aromatic heterocycles. The second-order valence-electron chi connectivity index (χ2n) is 9.21. The van der Waals surface area contributed by atoms with Crippen LogP contribution >= 0.6 is 15.9 Å². The number of hydrogen-bond acceptors (Lipinski definition) is 7. The highest BCUT2D eigenvalue weighted by Gasteiger charge is 2.49. The van der Waals surface area contributed by atoms with Gasteiger partial charge >= 0.3 is 11.9 Å². The topological polar surface area (TPSA) is 107 Å². The molecule has 188 valence electrons. The van der Waals surface area contributed by atoms with Crippen molar-refractivity contribution in [3.8, 4) is 5.75 Å². The number of carbonyl (C=O) groups is 5. The van der Waals surface area contributed by atoms with E-state index < -0.39 is 24.3 Å². The summed E-state index contributed by atoms with van der Waals surface area (Å²) in [6, 6.07) is 12.6. The molecule has 1 saturated carbocycles. The third-order valence-electron chi connectivity index (χ3n) is 6.65. The molecular formula is C27H26BrNO7. The molecule has 2 aromatic rings. The SMILES string of the molecule is CC1CCC2C(=O)N(CCC(=O)OCC(=O)c3ccc(OC(=O)c4ccc(Br)cc4)cc3)C(=O)C2C1. The molecule has 0 spiro atoms. The number of rotatable bonds is 8. The lowest BCUT2D eigenvalue weighted by Crippen LogP contribution is -2.33. The van der Waals surface area contributed by atoms with Crippen molar-refractivity contribution < 1.29 is 33.4 Å². The van der Waals surface area contributed by atoms with Gasteiger partial charge in [0.05, 0.1) is 23.8 Å². The van der Waals surface area contributed by atoms with Crippen LogP contribution in [0.4, 0.5) is 0 Å². The number of benzene rings is 2. The van der Waals surface area contributed by atoms with Gasteiger partial charge < -0.3 is 9.47 Å². The minimum atomic E-state index is -0.660. The number of amides is 2. The molecular weight excluding hydrogens is 530 g/mol. The summed E-state index contributed by atoms with van der Waals surface area (Å²) in [5.41, 5.74) is 0.672. The van der Waals surface area contributed by atoms with Crippen LogP contribution in [0.1, 0.15) is 53.3 Å². The Hall–Kier alpha value is -3.33. The third kappa shape index (κ3) is 5.90. The van der Waals surface area contributed by atoms with Gasteiger partial charge in [0.2, 0.25) is 11.8 Å². The summed E-state index contributed by atoms with van der Waals surface area (Å²) in [5.74, 6) is -1.91. The van der Waals surface area contributed by atoms with E-state index in [1.807, 2.05) is 0 Å². The zero-order valence-corrected chi connectivity index (χ0v) is 21.4. The Morgan fingerprint density at radius 3 is 2.25 bits per heavy atom. The van der Waals surface area contributed by atoms with Gasteiger partial charge in [-0.1, -0.05) is 22.9 Å². The van der Waals surface area contributed by atoms with E-state index in [9.17, 15) is 24.0 Å². The van der Waals surface area contributed by atoms with E-state index in [4.69, 9.17) is 9.47 Å². The number of esters is 2. The normalized spacial score (nSPS) is 21.2. The lowest BCUT2D eigenvalue weighted by atomic mass is 9.76. The molecule has 4 rings (SSSR count). The highest BCUT2D eigenvalue weighted by molar-refractivity contribution is 9.10. The van der Waals surface area contributed by atoms with E-state index >= 15 is 0 Å². The molecule has 1 saturated heterocycles. The Labute approximate surface area is 217 Å². The average Bonchev–Trinajstić information content (AvgIpc) is 3.10. The standard InChI is InChI=1S/C27H26BrNO7/c1-16-2-11-21-22(14-16)26(33)29(25(21)32)13-12-24(31)35-15-23(30)17-5-9-20(10-6-17)36-27(34)18-3-7-19(28)8-4-18/h3-10,16,21-22H,2,11-15H2,1H3. The molecule has 8 nitrogen and oxygen atoms in total. The lowest BCUT2D eigenvalue weighted by Gasteiger charge is -2.25. The van der Waals surface area contributed by atoms with Gasteiger partial charge in [-0.15, -0.1) is 0 Å². The van der Waals surface area contributed by atoms with Gasteiger partial charge in [0.25, 0.3) is 0 Å². The van der Waals surface area contributed by atoms with E-state index in [2.05, 4.69) is 22.9 Å². The van der Waals surface area contributed by atoms with E-state index in [1.165, 1.54) is 29.2 Å². The van der Waals surface area contributed by atoms with Crippen molar-refractivity contribution in [1.82, 2.24) is 4.90 Å². The Balaban J connectivity index is 1.23. The number of ketones is 1. The van der Waals surface area contributed by atoms with Gasteiger partial charge in [-0.05, 0) is 73.7 Å². The smallest absolute Gasteiger partial charge is 0.343 e. The first-order valence-corrected chi connectivity index (χ1v) is 12.6. The van der Waals surface area contributed by atoms with E-state index in [-0.39, 0.29) is 47.9 Å². The Bertz CT molecular complexity index is 1180. The third-order valence-corrected chi connectivity index (χ3v) is 7.18. The molecule has 2 fully saturated rings. The van der Waals surface area contributed by atoms with Crippen LogP contribution in [0.15, 0.2) is 53.0 Å². The van der Waals surface area contributed by atoms with Crippen LogP contribution < -0.4 is 4.74 Å². The number of Topliss-reactive ketones (excluding diaryl/α,β-unsaturated/α-hetero) is 1. The van der Waals surface area contributed by atoms with Crippen molar-refractivity contribution in [1.29, 1.82) is 0 Å². The number of nitrogens with zero attached hydrogens (tertiary/aromatic N) is 1. The number of imide groups is 1. The summed E-state index contributed by atoms with van der Waals surface area (Å²) < 4.78 is 11.2. The number of likely N-dealkylation sites (tertiary alicyclic amines) is 1. The lowest BCUT2D eigenvalue weighted by molar-refractivity contribution is -0.145. The number of ether oxygens (including phenoxy) is 2. The molecule has 36 heavy (non-hydrogen) atoms. The van der Waals surface area contributed by atoms with Gasteiger partial charge in [-0.3, -0.25) is 24.1 Å². The fourth-order valence-electron chi connectivity index (χ4n) is 4.64. The number of hydrogen-bond donors (Lipinski definition) is 0. The summed E-state index contributed by atoms with van der Waals surface area (Å²) in [6.07, 6.45) is 2.17. The predicted molar refractivity (Wildman–Crippen MR) is 132 cm³/mol. The summed E-state index contributed by atoms with van der Waals surface area (Å²) >= 11 is 3.30. The second-order valence-corrected chi connectivity index (χ2v) is 10.1. The molecule has 9 heteroatoms. The first-order valence-electron chi connectivity index (χ1n) is 11.8. The van der Waals surface area contributed by atoms with Crippen LogP contribution in [-0.4, -0.2) is 47.6 Å². The minimum Gasteiger partial charge on any atom is -0.457 e. The molecule has 1 aliphatic carbocycles. The zero-order valence-electron chi connectivity index (χ0n) is 19.8. The highest BCUT2D eigenvalue weighted by Crippen LogP contribution is 2.40. The first-order chi connectivity index (χ1) is 17.2. The van der Waals surface area contributed by atoms with E-state index in [0.29, 0.717) is 24.3 Å². The van der Waals surface area contributed by atoms with Crippen molar-refractivity contribution in [2.24, 2.45) is 17.8 Å². The van der Waals surface area contributed by atoms with E-state index in [1.54, 1.807) is 24.3 Å². The predicted octanol–water partition coefficient (Wildman–Crippen LogP) is 4.21. The van der Waals surface area contributed by atoms with Crippen LogP contribution in [0.5, 0.6) is 5.75 Å². The van der Waals surface area contributed by atoms with Gasteiger partial charge in [0.1, 0.15) is 5.75 Å². The van der Waals surface area contributed by atoms with Crippen molar-refractivity contribution in [2.45, 2.75) is 32.6 Å². The van der Waals surface area contributed by atoms with E-state index in [0.717, 1.165) is 10.9 Å². The number of fused-ring (bicyclic) bond motifs is 1. The second kappa shape index (κ2) is 11.2. The maximum atomic E-state index is 12.6. The molecule has 2 aliphatic rings. The fourth-order valence-corrected chi connectivity index (χ4v) is 4.91. The quantitative estimate of drug-likeness (QED) is 0.208. The van der Waals surface area contributed by atoms with Crippen molar-refractivity contribution in [2.75, 3.05) is 13.2 Å². The zero-order chi connectivity index (χ0) is 25.8. The maximum absolute atomic E-state index is 12.6. The molecule has 2 aromatic carbocycles. The molecule has 3 atom stereocenters. The fraction of sp³-hybridized carbons (Fsp3) is 0.370. The van der Waals surface area contributed by atoms with Crippen LogP contribution in [0.25, 0.3) is 0 Å². The molecule has 0 N–H and O–H groups in total. The van der Waals surface area contributed by atoms with Crippen LogP contribution in [-0.2, 0) is 19.1 Å². The van der Waals surface area contributed by atoms with Gasteiger partial charge in [-0.2, -0.15) is 0 Å². The number of carbonyl (C=O) groups excluding carboxylic acids is 5. The van der Waals surface area contributed by atoms with Crippen molar-refractivity contribution in [3.05, 3.63) is 64.1 Å². The highest BCUT2D eigenvalue weighted by atomic mass is 79.9. The van der Waals surface area contributed by atoms with Crippen LogP contribution in [0.3, 0.4) is 0 Å². The number of halogens is 1. The summed E-state index contributed by atoms with van der Waals surface area (Å²) in [6.45, 7) is 1.57. The van der Waals surface area contributed by atoms with Crippen molar-refractivity contribution in [3.63, 3.8) is 0 Å². The minimum absolute atomic E-state index is 0.0372. The Kier molecular flexibility index (Phi) is 7.98. The maximum Gasteiger partial charge on any atom is 0.343 e. The van der Waals surface area contributed by atoms with Gasteiger partial charge in [0.15, 0.2) is 12.4 Å². The molecule has 1 aliphatic heterocycles. The molecule has 1 heterocycles. The molecule has 3 unspecified atom stereocenters. The van der Waals surface area contributed by atoms with Crippen molar-refractivity contribution >= 4 is 45.5 Å². The summed E-state index contributed by atoms with van der Waals surface area (Å²) in [4.78, 5) is 63.1. The van der Waals surface area contributed by atoms with Crippen LogP contribution in [0.2, 0.25) is 0 Å². The Morgan fingerprint density at radius 1 is 0.917 bits per heavy atom. The first kappa shape index (κ1) is 25.8. The Morgan fingerprint density at radius 2 is 1.56 bits per heavy atom. The molecule has 2 amide bonds. The summed E-state index contributed by atoms with van der Waals surface area (Å²) in [7, 11) is 0. The van der Waals surface area contributed by atoms with Crippen LogP contribution in [0, 0.1) is 17.8 Å². The largest absolute Gasteiger partial charge is 0.457 e. The van der Waals surface area contributed by atoms with Gasteiger partial charge in [-0.25, -0.2) is 4.79 Å². The monoisotopic (exact) mass is 555 g/mol. The summed E-state index contributed by atoms with van der Waals surface area (Å²) in [5, 5.41) is 0. The average molecular weight is 556 g/mol. The van der Waals surface area contributed by atoms with Gasteiger partial charge in [0, 0.05) is 16.6 Å². The molecule has 0 radical (unpaired) electrons.